The summed E-state index contributed by atoms with van der Waals surface area (Å²) in [5, 5.41) is 10.6. The third kappa shape index (κ3) is 4.54. The Morgan fingerprint density at radius 2 is 1.76 bits per heavy atom. The van der Waals surface area contributed by atoms with Gasteiger partial charge >= 0.3 is 5.63 Å². The topological polar surface area (TPSA) is 73.5 Å². The van der Waals surface area contributed by atoms with Gasteiger partial charge in [-0.15, -0.1) is 0 Å². The van der Waals surface area contributed by atoms with Gasteiger partial charge in [-0.25, -0.2) is 9.18 Å². The number of rotatable bonds is 5. The highest BCUT2D eigenvalue weighted by atomic mass is 32.2. The van der Waals surface area contributed by atoms with Crippen LogP contribution in [0.3, 0.4) is 0 Å². The molecule has 1 N–H and O–H groups in total. The lowest BCUT2D eigenvalue weighted by atomic mass is 9.94. The van der Waals surface area contributed by atoms with Gasteiger partial charge < -0.3 is 14.1 Å². The zero-order chi connectivity index (χ0) is 21.3. The monoisotopic (exact) mass is 414 g/mol. The lowest BCUT2D eigenvalue weighted by Gasteiger charge is -2.16. The number of hydrogen-bond donors (Lipinski definition) is 1. The summed E-state index contributed by atoms with van der Waals surface area (Å²) in [6.07, 6.45) is 0. The zero-order valence-corrected chi connectivity index (χ0v) is 17.6. The average molecular weight is 414 g/mol. The van der Waals surface area contributed by atoms with Crippen molar-refractivity contribution >= 4 is 11.2 Å². The van der Waals surface area contributed by atoms with Crippen LogP contribution in [0.2, 0.25) is 0 Å². The van der Waals surface area contributed by atoms with E-state index in [1.807, 2.05) is 32.9 Å². The van der Waals surface area contributed by atoms with E-state index in [2.05, 4.69) is 0 Å². The van der Waals surface area contributed by atoms with Gasteiger partial charge in [-0.05, 0) is 60.8 Å². The molecule has 2 atom stereocenters. The van der Waals surface area contributed by atoms with Crippen molar-refractivity contribution in [2.45, 2.75) is 38.5 Å². The lowest BCUT2D eigenvalue weighted by Crippen LogP contribution is -2.15. The first-order chi connectivity index (χ1) is 13.7. The molecule has 3 rings (SSSR count). The molecule has 0 aliphatic rings. The van der Waals surface area contributed by atoms with E-state index in [1.54, 1.807) is 13.0 Å². The summed E-state index contributed by atoms with van der Waals surface area (Å²) in [6.45, 7) is 7.48. The van der Waals surface area contributed by atoms with Gasteiger partial charge in [0.05, 0.1) is 5.92 Å². The highest BCUT2D eigenvalue weighted by Crippen LogP contribution is 2.34. The van der Waals surface area contributed by atoms with Crippen LogP contribution in [0.25, 0.3) is 11.1 Å². The van der Waals surface area contributed by atoms with Crippen LogP contribution in [-0.4, -0.2) is 15.4 Å². The molecule has 0 aliphatic carbocycles. The minimum Gasteiger partial charge on any atom is -0.611 e. The Bertz CT molecular complexity index is 1080. The molecule has 1 aromatic heterocycles. The summed E-state index contributed by atoms with van der Waals surface area (Å²) in [5.41, 5.74) is 2.96. The number of aromatic hydroxyl groups is 1. The molecule has 29 heavy (non-hydrogen) atoms. The molecule has 0 aliphatic heterocycles. The summed E-state index contributed by atoms with van der Waals surface area (Å²) in [5.74, 6) is -0.667. The van der Waals surface area contributed by atoms with Gasteiger partial charge in [0.1, 0.15) is 28.6 Å². The normalized spacial score (nSPS) is 13.3. The van der Waals surface area contributed by atoms with Crippen molar-refractivity contribution in [3.8, 4) is 16.9 Å². The summed E-state index contributed by atoms with van der Waals surface area (Å²) in [4.78, 5) is 13.1. The van der Waals surface area contributed by atoms with E-state index in [9.17, 15) is 18.8 Å². The molecule has 6 heteroatoms. The minimum atomic E-state index is -1.47. The summed E-state index contributed by atoms with van der Waals surface area (Å²) in [7, 11) is 0. The Hall–Kier alpha value is -2.57. The zero-order valence-electron chi connectivity index (χ0n) is 16.8. The molecule has 0 saturated carbocycles. The smallest absolute Gasteiger partial charge is 0.347 e. The maximum absolute atomic E-state index is 13.4. The molecule has 0 bridgehead atoms. The first-order valence-corrected chi connectivity index (χ1v) is 10.6. The predicted octanol–water partition coefficient (Wildman–Crippen LogP) is 4.99. The molecule has 0 radical (unpaired) electrons. The van der Waals surface area contributed by atoms with Crippen molar-refractivity contribution in [2.75, 3.05) is 5.75 Å². The Kier molecular flexibility index (Phi) is 6.15. The molecule has 2 unspecified atom stereocenters. The van der Waals surface area contributed by atoms with Gasteiger partial charge in [-0.1, -0.05) is 30.7 Å². The Morgan fingerprint density at radius 3 is 2.34 bits per heavy atom. The van der Waals surface area contributed by atoms with E-state index in [-0.39, 0.29) is 22.8 Å². The molecule has 1 heterocycles. The molecule has 0 fully saturated rings. The van der Waals surface area contributed by atoms with Gasteiger partial charge in [0.15, 0.2) is 4.90 Å². The SMILES string of the molecule is Cc1cc(C)c(-c2c(O)cc(C(C)C[S+]([O-])c3cccc(F)c3)oc2=O)c(C)c1. The second-order valence-electron chi connectivity index (χ2n) is 7.34. The van der Waals surface area contributed by atoms with Crippen LogP contribution >= 0.6 is 0 Å². The van der Waals surface area contributed by atoms with Gasteiger partial charge in [-0.3, -0.25) is 0 Å². The summed E-state index contributed by atoms with van der Waals surface area (Å²) >= 11 is -1.47. The fourth-order valence-corrected chi connectivity index (χ4v) is 4.85. The Balaban J connectivity index is 1.92. The van der Waals surface area contributed by atoms with Crippen molar-refractivity contribution < 1.29 is 18.5 Å². The van der Waals surface area contributed by atoms with Gasteiger partial charge in [0.2, 0.25) is 0 Å². The van der Waals surface area contributed by atoms with E-state index < -0.39 is 28.5 Å². The predicted molar refractivity (Wildman–Crippen MR) is 112 cm³/mol. The molecule has 2 aromatic carbocycles. The molecular formula is C23H23FO4S. The van der Waals surface area contributed by atoms with Crippen LogP contribution in [0, 0.1) is 26.6 Å². The van der Waals surface area contributed by atoms with Crippen LogP contribution in [-0.2, 0) is 11.2 Å². The highest BCUT2D eigenvalue weighted by Gasteiger charge is 2.23. The quantitative estimate of drug-likeness (QED) is 0.597. The average Bonchev–Trinajstić information content (AvgIpc) is 2.62. The third-order valence-corrected chi connectivity index (χ3v) is 6.41. The standard InChI is InChI=1S/C23H23FO4S/c1-13-8-14(2)21(15(3)9-13)22-19(25)11-20(28-23(22)26)16(4)12-29(27)18-7-5-6-17(24)10-18/h5-11,16,25H,12H2,1-4H3. The van der Waals surface area contributed by atoms with Crippen LogP contribution in [0.4, 0.5) is 4.39 Å². The van der Waals surface area contributed by atoms with E-state index in [0.29, 0.717) is 10.5 Å². The molecule has 0 amide bonds. The van der Waals surface area contributed by atoms with Crippen LogP contribution in [0.15, 0.2) is 56.6 Å². The number of aryl methyl sites for hydroxylation is 3. The molecule has 3 aromatic rings. The van der Waals surface area contributed by atoms with Gasteiger partial charge in [0, 0.05) is 12.1 Å². The lowest BCUT2D eigenvalue weighted by molar-refractivity contribution is 0.414. The van der Waals surface area contributed by atoms with Gasteiger partial charge in [-0.2, -0.15) is 0 Å². The van der Waals surface area contributed by atoms with Crippen molar-refractivity contribution in [2.24, 2.45) is 0 Å². The molecule has 152 valence electrons. The number of benzene rings is 2. The van der Waals surface area contributed by atoms with Crippen molar-refractivity contribution in [3.63, 3.8) is 0 Å². The highest BCUT2D eigenvalue weighted by molar-refractivity contribution is 7.91. The summed E-state index contributed by atoms with van der Waals surface area (Å²) < 4.78 is 31.4. The maximum Gasteiger partial charge on any atom is 0.347 e. The van der Waals surface area contributed by atoms with E-state index in [4.69, 9.17) is 4.42 Å². The van der Waals surface area contributed by atoms with Crippen molar-refractivity contribution in [3.05, 3.63) is 81.2 Å². The molecule has 4 nitrogen and oxygen atoms in total. The minimum absolute atomic E-state index is 0.127. The van der Waals surface area contributed by atoms with Crippen molar-refractivity contribution in [1.82, 2.24) is 0 Å². The van der Waals surface area contributed by atoms with E-state index in [0.717, 1.165) is 16.7 Å². The van der Waals surface area contributed by atoms with Crippen LogP contribution < -0.4 is 5.63 Å². The van der Waals surface area contributed by atoms with Crippen LogP contribution in [0.1, 0.15) is 35.3 Å². The third-order valence-electron chi connectivity index (χ3n) is 4.82. The molecule has 0 spiro atoms. The van der Waals surface area contributed by atoms with Crippen molar-refractivity contribution in [1.29, 1.82) is 0 Å². The fraction of sp³-hybridized carbons (Fsp3) is 0.261. The Labute approximate surface area is 172 Å². The largest absolute Gasteiger partial charge is 0.611 e. The fourth-order valence-electron chi connectivity index (χ4n) is 3.56. The first kappa shape index (κ1) is 21.1. The molecule has 0 saturated heterocycles. The van der Waals surface area contributed by atoms with Gasteiger partial charge in [0.25, 0.3) is 0 Å². The number of halogens is 1. The Morgan fingerprint density at radius 1 is 1.10 bits per heavy atom. The second-order valence-corrected chi connectivity index (χ2v) is 8.84. The first-order valence-electron chi connectivity index (χ1n) is 9.26. The number of hydrogen-bond acceptors (Lipinski definition) is 4. The second kappa shape index (κ2) is 8.43. The van der Waals surface area contributed by atoms with E-state index in [1.165, 1.54) is 24.3 Å². The maximum atomic E-state index is 13.4. The molecular weight excluding hydrogens is 391 g/mol. The summed E-state index contributed by atoms with van der Waals surface area (Å²) in [6, 6.07) is 10.9. The van der Waals surface area contributed by atoms with Crippen LogP contribution in [0.5, 0.6) is 5.75 Å². The van der Waals surface area contributed by atoms with E-state index >= 15 is 0 Å².